The number of aromatic nitrogens is 1. The average molecular weight is 332 g/mol. The van der Waals surface area contributed by atoms with E-state index >= 15 is 0 Å². The van der Waals surface area contributed by atoms with Crippen LogP contribution in [0.4, 0.5) is 18.0 Å². The van der Waals surface area contributed by atoms with Crippen molar-refractivity contribution in [2.24, 2.45) is 0 Å². The predicted octanol–water partition coefficient (Wildman–Crippen LogP) is 3.14. The van der Waals surface area contributed by atoms with Crippen molar-refractivity contribution in [2.45, 2.75) is 51.1 Å². The Bertz CT molecular complexity index is 567. The molecule has 128 valence electrons. The molecule has 0 aromatic carbocycles. The molecule has 0 spiro atoms. The van der Waals surface area contributed by atoms with Crippen LogP contribution in [0, 0.1) is 0 Å². The lowest BCUT2D eigenvalue weighted by Crippen LogP contribution is -2.37. The molecule has 0 saturated carbocycles. The molecule has 1 fully saturated rings. The quantitative estimate of drug-likeness (QED) is 0.858. The van der Waals surface area contributed by atoms with E-state index in [-0.39, 0.29) is 13.0 Å². The summed E-state index contributed by atoms with van der Waals surface area (Å²) in [5.74, 6) is 0. The molecule has 1 amide bonds. The van der Waals surface area contributed by atoms with E-state index in [0.717, 1.165) is 12.3 Å². The van der Waals surface area contributed by atoms with Gasteiger partial charge in [-0.05, 0) is 32.9 Å². The molecule has 1 aromatic rings. The van der Waals surface area contributed by atoms with E-state index in [1.807, 2.05) is 0 Å². The number of carbonyl (C=O) groups is 1. The minimum absolute atomic E-state index is 0.0578. The highest BCUT2D eigenvalue weighted by atomic mass is 19.4. The third-order valence-electron chi connectivity index (χ3n) is 3.36. The van der Waals surface area contributed by atoms with Crippen molar-refractivity contribution >= 4 is 6.09 Å². The lowest BCUT2D eigenvalue weighted by molar-refractivity contribution is -0.137. The van der Waals surface area contributed by atoms with Gasteiger partial charge in [-0.15, -0.1) is 0 Å². The third kappa shape index (κ3) is 4.34. The van der Waals surface area contributed by atoms with E-state index in [1.165, 1.54) is 11.0 Å². The first-order chi connectivity index (χ1) is 10.5. The smallest absolute Gasteiger partial charge is 0.417 e. The van der Waals surface area contributed by atoms with Gasteiger partial charge in [-0.3, -0.25) is 9.88 Å². The Morgan fingerprint density at radius 1 is 1.35 bits per heavy atom. The Morgan fingerprint density at radius 2 is 2.00 bits per heavy atom. The number of likely N-dealkylation sites (tertiary alicyclic amines) is 1. The summed E-state index contributed by atoms with van der Waals surface area (Å²) >= 11 is 0. The summed E-state index contributed by atoms with van der Waals surface area (Å²) in [6, 6.07) is 1.53. The molecule has 23 heavy (non-hydrogen) atoms. The Labute approximate surface area is 132 Å². The molecule has 5 nitrogen and oxygen atoms in total. The Hall–Kier alpha value is -1.83. The molecule has 1 N–H and O–H groups in total. The van der Waals surface area contributed by atoms with Gasteiger partial charge < -0.3 is 9.84 Å². The van der Waals surface area contributed by atoms with E-state index < -0.39 is 35.6 Å². The van der Waals surface area contributed by atoms with E-state index in [2.05, 4.69) is 4.98 Å². The van der Waals surface area contributed by atoms with Crippen LogP contribution < -0.4 is 0 Å². The van der Waals surface area contributed by atoms with Crippen LogP contribution in [0.3, 0.4) is 0 Å². The minimum Gasteiger partial charge on any atom is -0.444 e. The second kappa shape index (κ2) is 5.99. The number of ether oxygens (including phenoxy) is 1. The number of β-amino-alcohol motifs (C(OH)–C–C–N with tert-alkyl or cyclic N) is 1. The highest BCUT2D eigenvalue weighted by Crippen LogP contribution is 2.34. The van der Waals surface area contributed by atoms with Crippen LogP contribution >= 0.6 is 0 Å². The molecule has 1 aliphatic rings. The maximum Gasteiger partial charge on any atom is 0.417 e. The third-order valence-corrected chi connectivity index (χ3v) is 3.36. The first-order valence-corrected chi connectivity index (χ1v) is 7.18. The molecular formula is C15H19F3N2O3. The molecular weight excluding hydrogens is 313 g/mol. The summed E-state index contributed by atoms with van der Waals surface area (Å²) in [5.41, 5.74) is -1.27. The fourth-order valence-corrected chi connectivity index (χ4v) is 2.39. The summed E-state index contributed by atoms with van der Waals surface area (Å²) < 4.78 is 43.0. The molecule has 0 unspecified atom stereocenters. The lowest BCUT2D eigenvalue weighted by Gasteiger charge is -2.28. The fraction of sp³-hybridized carbons (Fsp3) is 0.600. The van der Waals surface area contributed by atoms with Crippen LogP contribution in [-0.4, -0.2) is 39.3 Å². The van der Waals surface area contributed by atoms with Gasteiger partial charge in [0, 0.05) is 12.6 Å². The summed E-state index contributed by atoms with van der Waals surface area (Å²) in [5, 5.41) is 9.81. The first-order valence-electron chi connectivity index (χ1n) is 7.18. The van der Waals surface area contributed by atoms with Gasteiger partial charge in [-0.2, -0.15) is 13.2 Å². The van der Waals surface area contributed by atoms with Gasteiger partial charge >= 0.3 is 12.3 Å². The molecule has 2 rings (SSSR count). The van der Waals surface area contributed by atoms with E-state index in [9.17, 15) is 23.1 Å². The Balaban J connectivity index is 2.21. The summed E-state index contributed by atoms with van der Waals surface area (Å²) in [7, 11) is 0. The number of nitrogens with zero attached hydrogens (tertiary/aromatic N) is 2. The number of aliphatic hydroxyl groups excluding tert-OH is 1. The molecule has 0 aliphatic carbocycles. The van der Waals surface area contributed by atoms with Crippen LogP contribution in [0.5, 0.6) is 0 Å². The standard InChI is InChI=1S/C15H19F3N2O3/c1-14(2,3)23-13(22)20-8-10(21)6-12(20)11-5-4-9(7-19-11)15(16,17)18/h4-5,7,10,12,21H,6,8H2,1-3H3/t10-,12-/m1/s1. The van der Waals surface area contributed by atoms with Crippen LogP contribution in [0.25, 0.3) is 0 Å². The SMILES string of the molecule is CC(C)(C)OC(=O)N1C[C@H](O)C[C@@H]1c1ccc(C(F)(F)F)cn1. The number of pyridine rings is 1. The van der Waals surface area contributed by atoms with Gasteiger partial charge in [0.15, 0.2) is 0 Å². The summed E-state index contributed by atoms with van der Waals surface area (Å²) in [6.07, 6.45) is -4.92. The Kier molecular flexibility index (Phi) is 4.57. The Morgan fingerprint density at radius 3 is 2.48 bits per heavy atom. The van der Waals surface area contributed by atoms with E-state index in [1.54, 1.807) is 20.8 Å². The molecule has 8 heteroatoms. The second-order valence-electron chi connectivity index (χ2n) is 6.51. The van der Waals surface area contributed by atoms with Gasteiger partial charge in [0.1, 0.15) is 5.60 Å². The van der Waals surface area contributed by atoms with Crippen molar-refractivity contribution in [3.8, 4) is 0 Å². The average Bonchev–Trinajstić information content (AvgIpc) is 2.78. The summed E-state index contributed by atoms with van der Waals surface area (Å²) in [4.78, 5) is 17.3. The van der Waals surface area contributed by atoms with Gasteiger partial charge in [0.25, 0.3) is 0 Å². The second-order valence-corrected chi connectivity index (χ2v) is 6.51. The molecule has 0 radical (unpaired) electrons. The van der Waals surface area contributed by atoms with Crippen LogP contribution in [0.15, 0.2) is 18.3 Å². The van der Waals surface area contributed by atoms with Crippen molar-refractivity contribution in [3.05, 3.63) is 29.6 Å². The number of hydrogen-bond acceptors (Lipinski definition) is 4. The van der Waals surface area contributed by atoms with E-state index in [4.69, 9.17) is 4.74 Å². The van der Waals surface area contributed by atoms with Crippen molar-refractivity contribution in [1.82, 2.24) is 9.88 Å². The molecule has 2 atom stereocenters. The molecule has 1 saturated heterocycles. The zero-order valence-corrected chi connectivity index (χ0v) is 13.1. The zero-order chi connectivity index (χ0) is 17.4. The number of alkyl halides is 3. The number of aliphatic hydroxyl groups is 1. The van der Waals surface area contributed by atoms with Crippen molar-refractivity contribution < 1.29 is 27.8 Å². The maximum absolute atomic E-state index is 12.6. The number of hydrogen-bond donors (Lipinski definition) is 1. The minimum atomic E-state index is -4.47. The zero-order valence-electron chi connectivity index (χ0n) is 13.1. The normalized spacial score (nSPS) is 22.3. The highest BCUT2D eigenvalue weighted by Gasteiger charge is 2.39. The maximum atomic E-state index is 12.6. The largest absolute Gasteiger partial charge is 0.444 e. The predicted molar refractivity (Wildman–Crippen MR) is 75.5 cm³/mol. The molecule has 0 bridgehead atoms. The topological polar surface area (TPSA) is 62.7 Å². The highest BCUT2D eigenvalue weighted by molar-refractivity contribution is 5.69. The van der Waals surface area contributed by atoms with Crippen LogP contribution in [0.2, 0.25) is 0 Å². The number of halogens is 3. The summed E-state index contributed by atoms with van der Waals surface area (Å²) in [6.45, 7) is 5.19. The van der Waals surface area contributed by atoms with Crippen LogP contribution in [-0.2, 0) is 10.9 Å². The van der Waals surface area contributed by atoms with Gasteiger partial charge in [0.05, 0.1) is 29.9 Å². The monoisotopic (exact) mass is 332 g/mol. The van der Waals surface area contributed by atoms with Crippen molar-refractivity contribution in [2.75, 3.05) is 6.54 Å². The van der Waals surface area contributed by atoms with E-state index in [0.29, 0.717) is 5.69 Å². The van der Waals surface area contributed by atoms with Gasteiger partial charge in [-0.1, -0.05) is 0 Å². The molecule has 1 aromatic heterocycles. The molecule has 2 heterocycles. The number of rotatable bonds is 1. The van der Waals surface area contributed by atoms with Crippen LogP contribution in [0.1, 0.15) is 44.5 Å². The van der Waals surface area contributed by atoms with Gasteiger partial charge in [-0.25, -0.2) is 4.79 Å². The van der Waals surface area contributed by atoms with Crippen molar-refractivity contribution in [1.29, 1.82) is 0 Å². The lowest BCUT2D eigenvalue weighted by atomic mass is 10.1. The number of carbonyl (C=O) groups excluding carboxylic acids is 1. The first kappa shape index (κ1) is 17.5. The fourth-order valence-electron chi connectivity index (χ4n) is 2.39. The number of amides is 1. The molecule has 1 aliphatic heterocycles. The van der Waals surface area contributed by atoms with Crippen molar-refractivity contribution in [3.63, 3.8) is 0 Å². The van der Waals surface area contributed by atoms with Gasteiger partial charge in [0.2, 0.25) is 0 Å².